The lowest BCUT2D eigenvalue weighted by Crippen LogP contribution is -2.37. The maximum atomic E-state index is 12.9. The third kappa shape index (κ3) is 3.06. The number of aryl methyl sites for hydroxylation is 1. The van der Waals surface area contributed by atoms with Crippen LogP contribution < -0.4 is 0 Å². The summed E-state index contributed by atoms with van der Waals surface area (Å²) in [6.07, 6.45) is 9.86. The first-order valence-corrected chi connectivity index (χ1v) is 8.96. The van der Waals surface area contributed by atoms with Crippen LogP contribution in [-0.4, -0.2) is 73.5 Å². The zero-order valence-electron chi connectivity index (χ0n) is 14.9. The van der Waals surface area contributed by atoms with Crippen LogP contribution in [0.4, 0.5) is 0 Å². The number of carbonyl (C=O) groups is 1. The van der Waals surface area contributed by atoms with Gasteiger partial charge in [-0.3, -0.25) is 4.79 Å². The Morgan fingerprint density at radius 1 is 1.28 bits per heavy atom. The fourth-order valence-electron chi connectivity index (χ4n) is 4.05. The van der Waals surface area contributed by atoms with E-state index in [9.17, 15) is 4.79 Å². The van der Waals surface area contributed by atoms with E-state index >= 15 is 0 Å². The second-order valence-corrected chi connectivity index (χ2v) is 7.25. The van der Waals surface area contributed by atoms with E-state index in [4.69, 9.17) is 0 Å². The Bertz CT molecular complexity index is 736. The second-order valence-electron chi connectivity index (χ2n) is 7.25. The van der Waals surface area contributed by atoms with Gasteiger partial charge < -0.3 is 14.4 Å². The van der Waals surface area contributed by atoms with Crippen LogP contribution in [-0.2, 0) is 24.2 Å². The molecule has 134 valence electrons. The summed E-state index contributed by atoms with van der Waals surface area (Å²) in [6.45, 7) is 1.77. The maximum absolute atomic E-state index is 12.9. The van der Waals surface area contributed by atoms with Gasteiger partial charge in [0.2, 0.25) is 5.91 Å². The molecule has 2 aromatic rings. The summed E-state index contributed by atoms with van der Waals surface area (Å²) in [4.78, 5) is 21.5. The molecule has 2 aliphatic rings. The van der Waals surface area contributed by atoms with Crippen molar-refractivity contribution in [3.63, 3.8) is 0 Å². The Labute approximate surface area is 147 Å². The number of nitrogens with zero attached hydrogens (tertiary/aromatic N) is 7. The molecule has 0 saturated carbocycles. The van der Waals surface area contributed by atoms with Gasteiger partial charge in [0, 0.05) is 25.0 Å². The third-order valence-corrected chi connectivity index (χ3v) is 5.47. The predicted octanol–water partition coefficient (Wildman–Crippen LogP) is 0.367. The number of carbonyl (C=O) groups excluding carboxylic acids is 1. The van der Waals surface area contributed by atoms with Crippen LogP contribution in [0.25, 0.3) is 0 Å². The van der Waals surface area contributed by atoms with Crippen LogP contribution in [0.5, 0.6) is 0 Å². The van der Waals surface area contributed by atoms with Gasteiger partial charge >= 0.3 is 0 Å². The van der Waals surface area contributed by atoms with Crippen LogP contribution in [0.1, 0.15) is 30.3 Å². The highest BCUT2D eigenvalue weighted by Gasteiger charge is 2.38. The highest BCUT2D eigenvalue weighted by Crippen LogP contribution is 2.25. The Morgan fingerprint density at radius 3 is 2.88 bits per heavy atom. The molecule has 25 heavy (non-hydrogen) atoms. The van der Waals surface area contributed by atoms with Crippen molar-refractivity contribution in [1.29, 1.82) is 0 Å². The van der Waals surface area contributed by atoms with Crippen molar-refractivity contribution in [3.05, 3.63) is 30.1 Å². The van der Waals surface area contributed by atoms with E-state index in [1.54, 1.807) is 6.20 Å². The Morgan fingerprint density at radius 2 is 2.12 bits per heavy atom. The fraction of sp³-hybridized carbons (Fsp3) is 0.647. The van der Waals surface area contributed by atoms with Crippen LogP contribution in [0, 0.1) is 0 Å². The van der Waals surface area contributed by atoms with E-state index in [1.807, 2.05) is 26.7 Å². The van der Waals surface area contributed by atoms with Crippen molar-refractivity contribution in [3.8, 4) is 0 Å². The minimum absolute atomic E-state index is 0.137. The molecule has 2 atom stereocenters. The Balaban J connectivity index is 1.48. The summed E-state index contributed by atoms with van der Waals surface area (Å²) in [6, 6.07) is 0.375. The summed E-state index contributed by atoms with van der Waals surface area (Å²) in [7, 11) is 4.10. The van der Waals surface area contributed by atoms with Crippen molar-refractivity contribution in [2.24, 2.45) is 0 Å². The SMILES string of the molecule is CN(C)[C@@H]1CN(C(=O)Cn2cnc3c2CCCC3)C[C@@H]1n1ccnn1. The van der Waals surface area contributed by atoms with Crippen LogP contribution >= 0.6 is 0 Å². The molecule has 0 aromatic carbocycles. The van der Waals surface area contributed by atoms with Crippen LogP contribution in [0.3, 0.4) is 0 Å². The second kappa shape index (κ2) is 6.59. The molecule has 1 aliphatic heterocycles. The van der Waals surface area contributed by atoms with Gasteiger partial charge in [0.05, 0.1) is 30.3 Å². The van der Waals surface area contributed by atoms with E-state index in [0.29, 0.717) is 19.6 Å². The Kier molecular flexibility index (Phi) is 4.29. The van der Waals surface area contributed by atoms with Crippen LogP contribution in [0.2, 0.25) is 0 Å². The van der Waals surface area contributed by atoms with Gasteiger partial charge in [-0.1, -0.05) is 5.21 Å². The van der Waals surface area contributed by atoms with Gasteiger partial charge in [-0.05, 0) is 39.8 Å². The quantitative estimate of drug-likeness (QED) is 0.802. The van der Waals surface area contributed by atoms with Crippen LogP contribution in [0.15, 0.2) is 18.7 Å². The molecule has 0 bridgehead atoms. The van der Waals surface area contributed by atoms with Crippen molar-refractivity contribution in [2.45, 2.75) is 44.3 Å². The molecule has 1 amide bonds. The predicted molar refractivity (Wildman–Crippen MR) is 92.0 cm³/mol. The number of rotatable bonds is 4. The number of hydrogen-bond donors (Lipinski definition) is 0. The molecule has 3 heterocycles. The molecule has 1 aliphatic carbocycles. The summed E-state index contributed by atoms with van der Waals surface area (Å²) in [5.41, 5.74) is 2.42. The minimum atomic E-state index is 0.137. The first-order valence-electron chi connectivity index (χ1n) is 8.96. The zero-order valence-corrected chi connectivity index (χ0v) is 14.9. The van der Waals surface area contributed by atoms with Crippen molar-refractivity contribution < 1.29 is 4.79 Å². The lowest BCUT2D eigenvalue weighted by atomic mass is 10.0. The van der Waals surface area contributed by atoms with E-state index < -0.39 is 0 Å². The highest BCUT2D eigenvalue weighted by atomic mass is 16.2. The van der Waals surface area contributed by atoms with Gasteiger partial charge in [0.15, 0.2) is 0 Å². The van der Waals surface area contributed by atoms with Crippen molar-refractivity contribution >= 4 is 5.91 Å². The molecular formula is C17H25N7O. The molecule has 0 spiro atoms. The lowest BCUT2D eigenvalue weighted by molar-refractivity contribution is -0.131. The number of fused-ring (bicyclic) bond motifs is 1. The maximum Gasteiger partial charge on any atom is 0.242 e. The molecule has 4 rings (SSSR count). The van der Waals surface area contributed by atoms with E-state index in [0.717, 1.165) is 12.8 Å². The molecule has 0 radical (unpaired) electrons. The zero-order chi connectivity index (χ0) is 17.4. The smallest absolute Gasteiger partial charge is 0.242 e. The average molecular weight is 343 g/mol. The van der Waals surface area contributed by atoms with Crippen molar-refractivity contribution in [1.82, 2.24) is 34.3 Å². The van der Waals surface area contributed by atoms with Gasteiger partial charge in [0.25, 0.3) is 0 Å². The van der Waals surface area contributed by atoms with Gasteiger partial charge in [0.1, 0.15) is 6.54 Å². The average Bonchev–Trinajstić information content (AvgIpc) is 3.34. The first kappa shape index (κ1) is 16.3. The summed E-state index contributed by atoms with van der Waals surface area (Å²) >= 11 is 0. The third-order valence-electron chi connectivity index (χ3n) is 5.47. The molecule has 1 fully saturated rings. The molecule has 8 heteroatoms. The standard InChI is InChI=1S/C17H25N7O/c1-21(2)15-9-22(10-16(15)24-8-7-19-20-24)17(25)11-23-12-18-13-5-3-4-6-14(13)23/h7-8,12,15-16H,3-6,9-11H2,1-2H3/t15-,16+/m1/s1. The molecule has 2 aromatic heterocycles. The van der Waals surface area contributed by atoms with E-state index in [2.05, 4.69) is 34.3 Å². The molecule has 0 unspecified atom stereocenters. The monoisotopic (exact) mass is 343 g/mol. The summed E-state index contributed by atoms with van der Waals surface area (Å²) in [5, 5.41) is 8.06. The van der Waals surface area contributed by atoms with E-state index in [-0.39, 0.29) is 18.0 Å². The number of hydrogen-bond acceptors (Lipinski definition) is 5. The van der Waals surface area contributed by atoms with Gasteiger partial charge in [-0.25, -0.2) is 9.67 Å². The van der Waals surface area contributed by atoms with Crippen molar-refractivity contribution in [2.75, 3.05) is 27.2 Å². The topological polar surface area (TPSA) is 72.1 Å². The fourth-order valence-corrected chi connectivity index (χ4v) is 4.05. The number of likely N-dealkylation sites (tertiary alicyclic amines) is 1. The molecule has 0 N–H and O–H groups in total. The molecular weight excluding hydrogens is 318 g/mol. The summed E-state index contributed by atoms with van der Waals surface area (Å²) < 4.78 is 3.92. The van der Waals surface area contributed by atoms with E-state index in [1.165, 1.54) is 24.2 Å². The van der Waals surface area contributed by atoms with Gasteiger partial charge in [-0.2, -0.15) is 0 Å². The lowest BCUT2D eigenvalue weighted by Gasteiger charge is -2.24. The molecule has 8 nitrogen and oxygen atoms in total. The molecule has 1 saturated heterocycles. The minimum Gasteiger partial charge on any atom is -0.337 e. The van der Waals surface area contributed by atoms with Gasteiger partial charge in [-0.15, -0.1) is 5.10 Å². The number of aromatic nitrogens is 5. The highest BCUT2D eigenvalue weighted by molar-refractivity contribution is 5.76. The normalized spacial score (nSPS) is 23.2. The largest absolute Gasteiger partial charge is 0.337 e. The Hall–Kier alpha value is -2.22. The number of likely N-dealkylation sites (N-methyl/N-ethyl adjacent to an activating group) is 1. The number of amides is 1. The summed E-state index contributed by atoms with van der Waals surface area (Å²) in [5.74, 6) is 0.153. The first-order chi connectivity index (χ1) is 12.1. The number of imidazole rings is 1.